The maximum atomic E-state index is 15.1. The van der Waals surface area contributed by atoms with E-state index in [4.69, 9.17) is 5.41 Å². The molecule has 2 aromatic heterocycles. The number of piperidine rings is 1. The van der Waals surface area contributed by atoms with Gasteiger partial charge >= 0.3 is 6.36 Å². The maximum absolute atomic E-state index is 15.1. The number of aromatic nitrogens is 2. The van der Waals surface area contributed by atoms with Crippen molar-refractivity contribution < 1.29 is 27.1 Å². The van der Waals surface area contributed by atoms with E-state index >= 15 is 4.39 Å². The van der Waals surface area contributed by atoms with E-state index in [1.54, 1.807) is 4.90 Å². The molecule has 1 amide bonds. The Bertz CT molecular complexity index is 1280. The Morgan fingerprint density at radius 2 is 1.86 bits per heavy atom. The standard InChI is InChI=1S/C25H24F4N4O2/c26-19-13-31-23-22(18-12-16(30)2-1-3-20(18)32-23)21(19)14-8-10-33(11-9-14)24(34)15-4-6-17(7-5-15)35-25(27,28)29/h4-7,13-14,30H,1-3,8-12H2,(H,31,32). The first-order chi connectivity index (χ1) is 16.7. The Kier molecular flexibility index (Phi) is 5.98. The molecule has 2 N–H and O–H groups in total. The van der Waals surface area contributed by atoms with Crippen molar-refractivity contribution in [2.45, 2.75) is 50.8 Å². The van der Waals surface area contributed by atoms with Crippen molar-refractivity contribution in [3.05, 3.63) is 58.7 Å². The van der Waals surface area contributed by atoms with Crippen molar-refractivity contribution in [3.63, 3.8) is 0 Å². The van der Waals surface area contributed by atoms with Crippen LogP contribution in [-0.2, 0) is 12.8 Å². The third-order valence-corrected chi connectivity index (χ3v) is 6.83. The van der Waals surface area contributed by atoms with Gasteiger partial charge in [-0.3, -0.25) is 4.79 Å². The van der Waals surface area contributed by atoms with Crippen molar-refractivity contribution >= 4 is 22.7 Å². The summed E-state index contributed by atoms with van der Waals surface area (Å²) in [5, 5.41) is 8.99. The second kappa shape index (κ2) is 8.98. The molecule has 1 aliphatic carbocycles. The molecule has 0 spiro atoms. The number of fused-ring (bicyclic) bond motifs is 3. The minimum atomic E-state index is -4.79. The minimum absolute atomic E-state index is 0.107. The minimum Gasteiger partial charge on any atom is -0.406 e. The second-order valence-corrected chi connectivity index (χ2v) is 9.10. The van der Waals surface area contributed by atoms with Gasteiger partial charge in [0.05, 0.1) is 6.20 Å². The fourth-order valence-electron chi connectivity index (χ4n) is 5.21. The van der Waals surface area contributed by atoms with Crippen LogP contribution >= 0.6 is 0 Å². The van der Waals surface area contributed by atoms with Gasteiger partial charge in [0.2, 0.25) is 0 Å². The largest absolute Gasteiger partial charge is 0.573 e. The molecular formula is C25H24F4N4O2. The Morgan fingerprint density at radius 3 is 2.54 bits per heavy atom. The molecule has 2 aliphatic rings. The van der Waals surface area contributed by atoms with E-state index in [-0.39, 0.29) is 29.0 Å². The van der Waals surface area contributed by atoms with Crippen molar-refractivity contribution in [1.82, 2.24) is 14.9 Å². The monoisotopic (exact) mass is 488 g/mol. The number of alkyl halides is 3. The highest BCUT2D eigenvalue weighted by Gasteiger charge is 2.32. The molecule has 0 unspecified atom stereocenters. The number of aromatic amines is 1. The van der Waals surface area contributed by atoms with E-state index in [9.17, 15) is 18.0 Å². The van der Waals surface area contributed by atoms with Gasteiger partial charge in [0.15, 0.2) is 0 Å². The summed E-state index contributed by atoms with van der Waals surface area (Å²) in [6.07, 6.45) is 0.433. The van der Waals surface area contributed by atoms with Gasteiger partial charge in [-0.2, -0.15) is 0 Å². The number of nitrogens with zero attached hydrogens (tertiary/aromatic N) is 2. The maximum Gasteiger partial charge on any atom is 0.573 e. The van der Waals surface area contributed by atoms with Gasteiger partial charge in [-0.25, -0.2) is 9.37 Å². The van der Waals surface area contributed by atoms with Gasteiger partial charge in [0, 0.05) is 47.4 Å². The zero-order chi connectivity index (χ0) is 24.7. The first kappa shape index (κ1) is 23.3. The molecule has 35 heavy (non-hydrogen) atoms. The molecule has 1 fully saturated rings. The first-order valence-corrected chi connectivity index (χ1v) is 11.6. The molecule has 0 atom stereocenters. The lowest BCUT2D eigenvalue weighted by atomic mass is 9.86. The predicted octanol–water partition coefficient (Wildman–Crippen LogP) is 5.52. The lowest BCUT2D eigenvalue weighted by molar-refractivity contribution is -0.274. The molecular weight excluding hydrogens is 464 g/mol. The molecule has 1 aliphatic heterocycles. The summed E-state index contributed by atoms with van der Waals surface area (Å²) in [7, 11) is 0. The fourth-order valence-corrected chi connectivity index (χ4v) is 5.21. The number of aryl methyl sites for hydroxylation is 1. The predicted molar refractivity (Wildman–Crippen MR) is 121 cm³/mol. The number of benzene rings is 1. The number of amides is 1. The topological polar surface area (TPSA) is 82.1 Å². The van der Waals surface area contributed by atoms with Gasteiger partial charge in [0.25, 0.3) is 5.91 Å². The van der Waals surface area contributed by atoms with Gasteiger partial charge in [0.1, 0.15) is 17.2 Å². The highest BCUT2D eigenvalue weighted by molar-refractivity contribution is 5.95. The van der Waals surface area contributed by atoms with Crippen LogP contribution in [0.25, 0.3) is 11.0 Å². The third-order valence-electron chi connectivity index (χ3n) is 6.83. The zero-order valence-electron chi connectivity index (χ0n) is 18.8. The normalized spacial score (nSPS) is 17.4. The summed E-state index contributed by atoms with van der Waals surface area (Å²) in [5.74, 6) is -1.15. The number of ether oxygens (including phenoxy) is 1. The van der Waals surface area contributed by atoms with E-state index < -0.39 is 6.36 Å². The number of rotatable bonds is 3. The Morgan fingerprint density at radius 1 is 1.14 bits per heavy atom. The van der Waals surface area contributed by atoms with E-state index in [2.05, 4.69) is 14.7 Å². The molecule has 10 heteroatoms. The van der Waals surface area contributed by atoms with Crippen molar-refractivity contribution in [3.8, 4) is 5.75 Å². The van der Waals surface area contributed by atoms with Crippen LogP contribution in [0.15, 0.2) is 30.5 Å². The lowest BCUT2D eigenvalue weighted by Crippen LogP contribution is -2.38. The van der Waals surface area contributed by atoms with Crippen LogP contribution in [-0.4, -0.2) is 45.9 Å². The summed E-state index contributed by atoms with van der Waals surface area (Å²) < 4.78 is 56.1. The zero-order valence-corrected chi connectivity index (χ0v) is 18.8. The molecule has 184 valence electrons. The summed E-state index contributed by atoms with van der Waals surface area (Å²) in [6.45, 7) is 0.798. The van der Waals surface area contributed by atoms with Gasteiger partial charge in [-0.05, 0) is 67.9 Å². The molecule has 6 nitrogen and oxygen atoms in total. The molecule has 3 heterocycles. The number of hydrogen-bond donors (Lipinski definition) is 2. The number of carbonyl (C=O) groups is 1. The number of carbonyl (C=O) groups excluding carboxylic acids is 1. The molecule has 3 aromatic rings. The van der Waals surface area contributed by atoms with E-state index in [0.717, 1.165) is 48.0 Å². The van der Waals surface area contributed by atoms with Gasteiger partial charge in [-0.15, -0.1) is 13.2 Å². The van der Waals surface area contributed by atoms with Crippen LogP contribution in [0.4, 0.5) is 17.6 Å². The van der Waals surface area contributed by atoms with Gasteiger partial charge < -0.3 is 20.0 Å². The molecule has 5 rings (SSSR count). The quantitative estimate of drug-likeness (QED) is 0.376. The van der Waals surface area contributed by atoms with E-state index in [1.165, 1.54) is 18.3 Å². The van der Waals surface area contributed by atoms with Crippen LogP contribution in [0, 0.1) is 11.2 Å². The Labute approximate surface area is 198 Å². The molecule has 1 saturated heterocycles. The number of H-pyrrole nitrogens is 1. The Hall–Kier alpha value is -3.43. The van der Waals surface area contributed by atoms with Crippen LogP contribution in [0.2, 0.25) is 0 Å². The Balaban J connectivity index is 1.34. The molecule has 0 saturated carbocycles. The fraction of sp³-hybridized carbons (Fsp3) is 0.400. The summed E-state index contributed by atoms with van der Waals surface area (Å²) in [4.78, 5) is 22.1. The molecule has 1 aromatic carbocycles. The highest BCUT2D eigenvalue weighted by Crippen LogP contribution is 2.38. The molecule has 0 bridgehead atoms. The van der Waals surface area contributed by atoms with Crippen molar-refractivity contribution in [1.29, 1.82) is 5.41 Å². The average molecular weight is 488 g/mol. The third kappa shape index (κ3) is 4.74. The SMILES string of the molecule is N=C1CCCc2[nH]c3ncc(F)c(C4CCN(C(=O)c5ccc(OC(F)(F)F)cc5)CC4)c3c2C1. The highest BCUT2D eigenvalue weighted by atomic mass is 19.4. The first-order valence-electron chi connectivity index (χ1n) is 11.6. The number of hydrogen-bond acceptors (Lipinski definition) is 4. The van der Waals surface area contributed by atoms with Crippen LogP contribution in [0.1, 0.15) is 58.8 Å². The lowest BCUT2D eigenvalue weighted by Gasteiger charge is -2.33. The van der Waals surface area contributed by atoms with E-state index in [0.29, 0.717) is 49.3 Å². The average Bonchev–Trinajstić information content (AvgIpc) is 3.04. The van der Waals surface area contributed by atoms with Crippen molar-refractivity contribution in [2.75, 3.05) is 13.1 Å². The smallest absolute Gasteiger partial charge is 0.406 e. The second-order valence-electron chi connectivity index (χ2n) is 9.10. The number of pyridine rings is 1. The van der Waals surface area contributed by atoms with E-state index in [1.807, 2.05) is 0 Å². The van der Waals surface area contributed by atoms with Crippen molar-refractivity contribution in [2.24, 2.45) is 0 Å². The summed E-state index contributed by atoms with van der Waals surface area (Å²) in [6, 6.07) is 4.86. The molecule has 0 radical (unpaired) electrons. The summed E-state index contributed by atoms with van der Waals surface area (Å²) in [5.41, 5.74) is 4.12. The van der Waals surface area contributed by atoms with Crippen LogP contribution in [0.3, 0.4) is 0 Å². The summed E-state index contributed by atoms with van der Waals surface area (Å²) >= 11 is 0. The number of likely N-dealkylation sites (tertiary alicyclic amines) is 1. The number of nitrogens with one attached hydrogen (secondary N) is 2. The van der Waals surface area contributed by atoms with Gasteiger partial charge in [-0.1, -0.05) is 0 Å². The van der Waals surface area contributed by atoms with Crippen LogP contribution < -0.4 is 4.74 Å². The van der Waals surface area contributed by atoms with Crippen LogP contribution in [0.5, 0.6) is 5.75 Å². The number of halogens is 4.